The molecule has 6 heteroatoms. The minimum Gasteiger partial charge on any atom is -0.337 e. The highest BCUT2D eigenvalue weighted by molar-refractivity contribution is 14.1. The lowest BCUT2D eigenvalue weighted by atomic mass is 10.2. The van der Waals surface area contributed by atoms with Gasteiger partial charge < -0.3 is 4.90 Å². The van der Waals surface area contributed by atoms with Gasteiger partial charge >= 0.3 is 0 Å². The highest BCUT2D eigenvalue weighted by Crippen LogP contribution is 2.25. The number of halogens is 1. The summed E-state index contributed by atoms with van der Waals surface area (Å²) in [7, 11) is -3.39. The highest BCUT2D eigenvalue weighted by Gasteiger charge is 2.36. The van der Waals surface area contributed by atoms with E-state index in [1.165, 1.54) is 0 Å². The van der Waals surface area contributed by atoms with Gasteiger partial charge in [0.05, 0.1) is 10.1 Å². The molecule has 1 atom stereocenters. The van der Waals surface area contributed by atoms with E-state index < -0.39 is 15.1 Å². The number of nitrogens with zero attached hydrogens (tertiary/aromatic N) is 1. The first-order valence-electron chi connectivity index (χ1n) is 7.32. The number of rotatable bonds is 3. The van der Waals surface area contributed by atoms with Crippen molar-refractivity contribution in [1.29, 1.82) is 0 Å². The molecule has 1 fully saturated rings. The second-order valence-corrected chi connectivity index (χ2v) is 9.00. The first-order chi connectivity index (χ1) is 11.0. The Morgan fingerprint density at radius 2 is 1.83 bits per heavy atom. The molecule has 4 nitrogen and oxygen atoms in total. The minimum absolute atomic E-state index is 0.103. The summed E-state index contributed by atoms with van der Waals surface area (Å²) in [6.07, 6.45) is 0.479. The summed E-state index contributed by atoms with van der Waals surface area (Å²) in [6, 6.07) is 15.8. The predicted octanol–water partition coefficient (Wildman–Crippen LogP) is 2.98. The van der Waals surface area contributed by atoms with Crippen molar-refractivity contribution in [1.82, 2.24) is 4.90 Å². The monoisotopic (exact) mass is 441 g/mol. The van der Waals surface area contributed by atoms with Crippen LogP contribution in [0.5, 0.6) is 0 Å². The van der Waals surface area contributed by atoms with Gasteiger partial charge in [0.2, 0.25) is 0 Å². The molecule has 1 aliphatic rings. The molecule has 1 unspecified atom stereocenters. The van der Waals surface area contributed by atoms with Crippen LogP contribution in [0.1, 0.15) is 16.8 Å². The first-order valence-corrected chi connectivity index (χ1v) is 9.95. The van der Waals surface area contributed by atoms with Crippen molar-refractivity contribution in [3.05, 3.63) is 63.7 Å². The van der Waals surface area contributed by atoms with Crippen molar-refractivity contribution < 1.29 is 13.2 Å². The van der Waals surface area contributed by atoms with Crippen LogP contribution in [0.3, 0.4) is 0 Å². The lowest BCUT2D eigenvalue weighted by Crippen LogP contribution is -2.32. The Bertz CT molecular complexity index is 821. The van der Waals surface area contributed by atoms with Crippen LogP contribution in [0, 0.1) is 3.57 Å². The van der Waals surface area contributed by atoms with Gasteiger partial charge in [-0.1, -0.05) is 24.3 Å². The van der Waals surface area contributed by atoms with Gasteiger partial charge in [-0.25, -0.2) is 8.42 Å². The van der Waals surface area contributed by atoms with E-state index >= 15 is 0 Å². The Hall–Kier alpha value is -1.41. The minimum atomic E-state index is -3.39. The molecule has 0 N–H and O–H groups in total. The Kier molecular flexibility index (Phi) is 4.72. The molecule has 0 aliphatic carbocycles. The Morgan fingerprint density at radius 3 is 2.52 bits per heavy atom. The van der Waals surface area contributed by atoms with Gasteiger partial charge in [0.15, 0.2) is 9.84 Å². The fraction of sp³-hybridized carbons (Fsp3) is 0.235. The average molecular weight is 441 g/mol. The van der Waals surface area contributed by atoms with Crippen LogP contribution in [-0.2, 0) is 9.84 Å². The third kappa shape index (κ3) is 3.42. The van der Waals surface area contributed by atoms with Gasteiger partial charge in [-0.3, -0.25) is 4.79 Å². The number of carbonyl (C=O) groups is 1. The lowest BCUT2D eigenvalue weighted by molar-refractivity contribution is 0.0793. The summed E-state index contributed by atoms with van der Waals surface area (Å²) in [4.78, 5) is 14.5. The number of hydrogen-bond donors (Lipinski definition) is 0. The zero-order chi connectivity index (χ0) is 16.4. The molecular formula is C17H16INO3S. The summed E-state index contributed by atoms with van der Waals surface area (Å²) < 4.78 is 26.3. The topological polar surface area (TPSA) is 54.5 Å². The van der Waals surface area contributed by atoms with Gasteiger partial charge in [0.1, 0.15) is 0 Å². The smallest absolute Gasteiger partial charge is 0.253 e. The van der Waals surface area contributed by atoms with Crippen LogP contribution in [-0.4, -0.2) is 37.6 Å². The van der Waals surface area contributed by atoms with E-state index in [1.54, 1.807) is 41.3 Å². The van der Waals surface area contributed by atoms with Crippen molar-refractivity contribution in [2.75, 3.05) is 13.1 Å². The number of sulfone groups is 1. The summed E-state index contributed by atoms with van der Waals surface area (Å²) in [6.45, 7) is 0.725. The summed E-state index contributed by atoms with van der Waals surface area (Å²) in [5, 5.41) is -0.531. The molecule has 2 aromatic carbocycles. The zero-order valence-electron chi connectivity index (χ0n) is 12.4. The molecule has 0 spiro atoms. The molecule has 0 bridgehead atoms. The molecule has 0 aromatic heterocycles. The molecule has 2 aromatic rings. The number of amides is 1. The molecule has 1 aliphatic heterocycles. The molecule has 1 heterocycles. The Morgan fingerprint density at radius 1 is 1.09 bits per heavy atom. The van der Waals surface area contributed by atoms with E-state index in [4.69, 9.17) is 0 Å². The van der Waals surface area contributed by atoms with Gasteiger partial charge in [-0.2, -0.15) is 0 Å². The summed E-state index contributed by atoms with van der Waals surface area (Å²) in [5.74, 6) is -0.103. The summed E-state index contributed by atoms with van der Waals surface area (Å²) >= 11 is 2.16. The van der Waals surface area contributed by atoms with Crippen LogP contribution in [0.15, 0.2) is 59.5 Å². The van der Waals surface area contributed by atoms with Crippen LogP contribution in [0.25, 0.3) is 0 Å². The van der Waals surface area contributed by atoms with Crippen LogP contribution < -0.4 is 0 Å². The predicted molar refractivity (Wildman–Crippen MR) is 97.1 cm³/mol. The van der Waals surface area contributed by atoms with Crippen LogP contribution in [0.4, 0.5) is 0 Å². The van der Waals surface area contributed by atoms with Crippen molar-refractivity contribution in [2.45, 2.75) is 16.6 Å². The molecule has 3 rings (SSSR count). The van der Waals surface area contributed by atoms with Crippen molar-refractivity contribution in [3.8, 4) is 0 Å². The van der Waals surface area contributed by atoms with E-state index in [0.717, 1.165) is 3.57 Å². The van der Waals surface area contributed by atoms with E-state index in [1.807, 2.05) is 18.2 Å². The van der Waals surface area contributed by atoms with Gasteiger partial charge in [0.25, 0.3) is 5.91 Å². The maximum absolute atomic E-state index is 12.7. The van der Waals surface area contributed by atoms with Crippen molar-refractivity contribution >= 4 is 38.3 Å². The van der Waals surface area contributed by atoms with Gasteiger partial charge in [-0.05, 0) is 59.3 Å². The fourth-order valence-corrected chi connectivity index (χ4v) is 5.03. The van der Waals surface area contributed by atoms with Crippen molar-refractivity contribution in [2.24, 2.45) is 0 Å². The number of carbonyl (C=O) groups excluding carboxylic acids is 1. The fourth-order valence-electron chi connectivity index (χ4n) is 2.77. The van der Waals surface area contributed by atoms with Gasteiger partial charge in [0, 0.05) is 22.2 Å². The van der Waals surface area contributed by atoms with Crippen LogP contribution >= 0.6 is 22.6 Å². The second kappa shape index (κ2) is 6.60. The third-order valence-electron chi connectivity index (χ3n) is 4.01. The number of benzene rings is 2. The third-order valence-corrected chi connectivity index (χ3v) is 6.88. The van der Waals surface area contributed by atoms with E-state index in [2.05, 4.69) is 22.6 Å². The number of likely N-dealkylation sites (tertiary alicyclic amines) is 1. The number of hydrogen-bond acceptors (Lipinski definition) is 3. The SMILES string of the molecule is O=C(c1cccc(I)c1)N1CCC(S(=O)(=O)c2ccccc2)C1. The average Bonchev–Trinajstić information content (AvgIpc) is 3.06. The maximum atomic E-state index is 12.7. The molecule has 120 valence electrons. The quantitative estimate of drug-likeness (QED) is 0.689. The molecule has 0 saturated carbocycles. The van der Waals surface area contributed by atoms with E-state index in [-0.39, 0.29) is 12.5 Å². The zero-order valence-corrected chi connectivity index (χ0v) is 15.3. The van der Waals surface area contributed by atoms with E-state index in [9.17, 15) is 13.2 Å². The van der Waals surface area contributed by atoms with Crippen molar-refractivity contribution in [3.63, 3.8) is 0 Å². The highest BCUT2D eigenvalue weighted by atomic mass is 127. The standard InChI is InChI=1S/C17H16INO3S/c18-14-6-4-5-13(11-14)17(20)19-10-9-16(12-19)23(21,22)15-7-2-1-3-8-15/h1-8,11,16H,9-10,12H2. The molecule has 0 radical (unpaired) electrons. The van der Waals surface area contributed by atoms with Crippen LogP contribution in [0.2, 0.25) is 0 Å². The van der Waals surface area contributed by atoms with Gasteiger partial charge in [-0.15, -0.1) is 0 Å². The maximum Gasteiger partial charge on any atom is 0.253 e. The normalized spacial score (nSPS) is 18.1. The first kappa shape index (κ1) is 16.4. The summed E-state index contributed by atoms with van der Waals surface area (Å²) in [5.41, 5.74) is 0.606. The largest absolute Gasteiger partial charge is 0.337 e. The van der Waals surface area contributed by atoms with E-state index in [0.29, 0.717) is 23.4 Å². The lowest BCUT2D eigenvalue weighted by Gasteiger charge is -2.17. The Labute approximate surface area is 149 Å². The Balaban J connectivity index is 1.77. The molecule has 1 amide bonds. The molecular weight excluding hydrogens is 425 g/mol. The molecule has 23 heavy (non-hydrogen) atoms. The molecule has 1 saturated heterocycles. The second-order valence-electron chi connectivity index (χ2n) is 5.53.